The molecule has 0 aromatic carbocycles. The molecule has 1 aromatic heterocycles. The summed E-state index contributed by atoms with van der Waals surface area (Å²) < 4.78 is 1.89. The minimum absolute atomic E-state index is 0.217. The van der Waals surface area contributed by atoms with Gasteiger partial charge in [0, 0.05) is 18.3 Å². The largest absolute Gasteiger partial charge is 0.312 e. The first-order chi connectivity index (χ1) is 6.97. The SMILES string of the molecule is CC(C)(C)NCCCCn1cc(Cl)cn1. The summed E-state index contributed by atoms with van der Waals surface area (Å²) in [5.41, 5.74) is 0.217. The number of aryl methyl sites for hydroxylation is 1. The van der Waals surface area contributed by atoms with Crippen LogP contribution in [0.5, 0.6) is 0 Å². The van der Waals surface area contributed by atoms with Crippen molar-refractivity contribution in [1.82, 2.24) is 15.1 Å². The van der Waals surface area contributed by atoms with Gasteiger partial charge in [0.15, 0.2) is 0 Å². The lowest BCUT2D eigenvalue weighted by molar-refractivity contribution is 0.412. The molecule has 86 valence electrons. The van der Waals surface area contributed by atoms with E-state index in [9.17, 15) is 0 Å². The maximum atomic E-state index is 5.76. The van der Waals surface area contributed by atoms with Crippen molar-refractivity contribution in [2.24, 2.45) is 0 Å². The maximum Gasteiger partial charge on any atom is 0.0785 e. The summed E-state index contributed by atoms with van der Waals surface area (Å²) in [5.74, 6) is 0. The van der Waals surface area contributed by atoms with Crippen molar-refractivity contribution in [3.8, 4) is 0 Å². The van der Waals surface area contributed by atoms with Crippen LogP contribution in [-0.4, -0.2) is 21.9 Å². The summed E-state index contributed by atoms with van der Waals surface area (Å²) in [7, 11) is 0. The molecule has 1 aromatic rings. The second-order valence-electron chi connectivity index (χ2n) is 4.81. The average molecular weight is 230 g/mol. The van der Waals surface area contributed by atoms with Crippen molar-refractivity contribution >= 4 is 11.6 Å². The lowest BCUT2D eigenvalue weighted by Gasteiger charge is -2.20. The number of unbranched alkanes of at least 4 members (excludes halogenated alkanes) is 1. The third-order valence-electron chi connectivity index (χ3n) is 2.07. The predicted molar refractivity (Wildman–Crippen MR) is 64.2 cm³/mol. The Morgan fingerprint density at radius 1 is 1.40 bits per heavy atom. The zero-order valence-corrected chi connectivity index (χ0v) is 10.5. The van der Waals surface area contributed by atoms with E-state index in [4.69, 9.17) is 11.6 Å². The molecule has 1 rings (SSSR count). The van der Waals surface area contributed by atoms with Crippen LogP contribution in [0.3, 0.4) is 0 Å². The highest BCUT2D eigenvalue weighted by atomic mass is 35.5. The van der Waals surface area contributed by atoms with Crippen LogP contribution in [0.15, 0.2) is 12.4 Å². The molecule has 0 atom stereocenters. The molecule has 0 aliphatic heterocycles. The molecule has 1 heterocycles. The van der Waals surface area contributed by atoms with Gasteiger partial charge in [-0.15, -0.1) is 0 Å². The van der Waals surface area contributed by atoms with Gasteiger partial charge < -0.3 is 5.32 Å². The van der Waals surface area contributed by atoms with Crippen LogP contribution in [0.2, 0.25) is 5.02 Å². The average Bonchev–Trinajstić information content (AvgIpc) is 2.49. The molecule has 0 aliphatic carbocycles. The number of rotatable bonds is 5. The minimum Gasteiger partial charge on any atom is -0.312 e. The molecular weight excluding hydrogens is 210 g/mol. The molecule has 0 amide bonds. The number of aromatic nitrogens is 2. The Kier molecular flexibility index (Phi) is 4.61. The Hall–Kier alpha value is -0.540. The molecule has 0 bridgehead atoms. The molecule has 1 N–H and O–H groups in total. The molecule has 4 heteroatoms. The Labute approximate surface area is 96.8 Å². The highest BCUT2D eigenvalue weighted by Gasteiger charge is 2.06. The van der Waals surface area contributed by atoms with Crippen molar-refractivity contribution in [2.45, 2.75) is 45.7 Å². The van der Waals surface area contributed by atoms with Gasteiger partial charge in [-0.25, -0.2) is 0 Å². The van der Waals surface area contributed by atoms with Crippen LogP contribution in [-0.2, 0) is 6.54 Å². The van der Waals surface area contributed by atoms with Gasteiger partial charge >= 0.3 is 0 Å². The Bertz CT molecular complexity index is 288. The first-order valence-corrected chi connectivity index (χ1v) is 5.78. The van der Waals surface area contributed by atoms with Gasteiger partial charge in [-0.1, -0.05) is 11.6 Å². The van der Waals surface area contributed by atoms with Crippen molar-refractivity contribution in [2.75, 3.05) is 6.54 Å². The minimum atomic E-state index is 0.217. The fraction of sp³-hybridized carbons (Fsp3) is 0.727. The Morgan fingerprint density at radius 3 is 2.67 bits per heavy atom. The van der Waals surface area contributed by atoms with E-state index in [0.29, 0.717) is 5.02 Å². The van der Waals surface area contributed by atoms with Gasteiger partial charge in [0.25, 0.3) is 0 Å². The van der Waals surface area contributed by atoms with Crippen LogP contribution < -0.4 is 5.32 Å². The second-order valence-corrected chi connectivity index (χ2v) is 5.24. The molecule has 0 unspecified atom stereocenters. The number of hydrogen-bond donors (Lipinski definition) is 1. The van der Waals surface area contributed by atoms with E-state index in [0.717, 1.165) is 25.9 Å². The molecule has 15 heavy (non-hydrogen) atoms. The van der Waals surface area contributed by atoms with Crippen molar-refractivity contribution in [3.05, 3.63) is 17.4 Å². The van der Waals surface area contributed by atoms with E-state index in [1.165, 1.54) is 0 Å². The quantitative estimate of drug-likeness (QED) is 0.787. The Balaban J connectivity index is 2.07. The summed E-state index contributed by atoms with van der Waals surface area (Å²) in [6, 6.07) is 0. The highest BCUT2D eigenvalue weighted by Crippen LogP contribution is 2.05. The number of nitrogens with zero attached hydrogens (tertiary/aromatic N) is 2. The number of nitrogens with one attached hydrogen (secondary N) is 1. The van der Waals surface area contributed by atoms with Crippen molar-refractivity contribution in [3.63, 3.8) is 0 Å². The fourth-order valence-electron chi connectivity index (χ4n) is 1.32. The van der Waals surface area contributed by atoms with Gasteiger partial charge in [-0.05, 0) is 40.2 Å². The molecule has 0 spiro atoms. The Morgan fingerprint density at radius 2 is 2.13 bits per heavy atom. The van der Waals surface area contributed by atoms with Crippen LogP contribution in [0, 0.1) is 0 Å². The summed E-state index contributed by atoms with van der Waals surface area (Å²) >= 11 is 5.76. The third kappa shape index (κ3) is 5.80. The van der Waals surface area contributed by atoms with Gasteiger partial charge in [0.05, 0.1) is 11.2 Å². The molecular formula is C11H20ClN3. The van der Waals surface area contributed by atoms with Gasteiger partial charge in [-0.2, -0.15) is 5.10 Å². The summed E-state index contributed by atoms with van der Waals surface area (Å²) in [6.45, 7) is 8.54. The molecule has 0 saturated heterocycles. The van der Waals surface area contributed by atoms with Crippen LogP contribution in [0.1, 0.15) is 33.6 Å². The summed E-state index contributed by atoms with van der Waals surface area (Å²) in [4.78, 5) is 0. The van der Waals surface area contributed by atoms with Crippen LogP contribution in [0.25, 0.3) is 0 Å². The predicted octanol–water partition coefficient (Wildman–Crippen LogP) is 2.70. The first kappa shape index (κ1) is 12.5. The van der Waals surface area contributed by atoms with Crippen LogP contribution >= 0.6 is 11.6 Å². The highest BCUT2D eigenvalue weighted by molar-refractivity contribution is 6.30. The lowest BCUT2D eigenvalue weighted by atomic mass is 10.1. The van der Waals surface area contributed by atoms with E-state index in [1.54, 1.807) is 6.20 Å². The normalized spacial score (nSPS) is 12.0. The van der Waals surface area contributed by atoms with E-state index in [1.807, 2.05) is 10.9 Å². The smallest absolute Gasteiger partial charge is 0.0785 e. The van der Waals surface area contributed by atoms with Gasteiger partial charge in [0.2, 0.25) is 0 Å². The number of hydrogen-bond acceptors (Lipinski definition) is 2. The van der Waals surface area contributed by atoms with Crippen molar-refractivity contribution in [1.29, 1.82) is 0 Å². The van der Waals surface area contributed by atoms with Crippen LogP contribution in [0.4, 0.5) is 0 Å². The fourth-order valence-corrected chi connectivity index (χ4v) is 1.48. The summed E-state index contributed by atoms with van der Waals surface area (Å²) in [5, 5.41) is 8.30. The van der Waals surface area contributed by atoms with Gasteiger partial charge in [-0.3, -0.25) is 4.68 Å². The number of halogens is 1. The molecule has 0 fully saturated rings. The van der Waals surface area contributed by atoms with E-state index < -0.39 is 0 Å². The second kappa shape index (κ2) is 5.52. The van der Waals surface area contributed by atoms with E-state index in [-0.39, 0.29) is 5.54 Å². The van der Waals surface area contributed by atoms with E-state index in [2.05, 4.69) is 31.2 Å². The maximum absolute atomic E-state index is 5.76. The zero-order valence-electron chi connectivity index (χ0n) is 9.76. The molecule has 0 aliphatic rings. The zero-order chi connectivity index (χ0) is 11.3. The van der Waals surface area contributed by atoms with Gasteiger partial charge in [0.1, 0.15) is 0 Å². The van der Waals surface area contributed by atoms with E-state index >= 15 is 0 Å². The lowest BCUT2D eigenvalue weighted by Crippen LogP contribution is -2.36. The molecule has 0 radical (unpaired) electrons. The topological polar surface area (TPSA) is 29.9 Å². The monoisotopic (exact) mass is 229 g/mol. The standard InChI is InChI=1S/C11H20ClN3/c1-11(2,3)13-6-4-5-7-15-9-10(12)8-14-15/h8-9,13H,4-7H2,1-3H3. The molecule has 3 nitrogen and oxygen atoms in total. The summed E-state index contributed by atoms with van der Waals surface area (Å²) in [6.07, 6.45) is 5.82. The third-order valence-corrected chi connectivity index (χ3v) is 2.27. The molecule has 0 saturated carbocycles. The van der Waals surface area contributed by atoms with Crippen molar-refractivity contribution < 1.29 is 0 Å². The first-order valence-electron chi connectivity index (χ1n) is 5.40.